The van der Waals surface area contributed by atoms with E-state index in [0.717, 1.165) is 5.56 Å². The molecule has 0 fully saturated rings. The molecule has 2 N–H and O–H groups in total. The molecule has 4 aromatic rings. The Morgan fingerprint density at radius 3 is 2.45 bits per heavy atom. The van der Waals surface area contributed by atoms with Gasteiger partial charge in [0.25, 0.3) is 0 Å². The molecule has 1 heterocycles. The third-order valence-corrected chi connectivity index (χ3v) is 4.73. The number of carbonyl (C=O) groups excluding carboxylic acids is 1. The zero-order valence-corrected chi connectivity index (χ0v) is 16.6. The number of nitrogens with one attached hydrogen (secondary N) is 2. The van der Waals surface area contributed by atoms with Crippen molar-refractivity contribution in [3.63, 3.8) is 0 Å². The number of rotatable bonds is 5. The van der Waals surface area contributed by atoms with Crippen molar-refractivity contribution in [3.05, 3.63) is 94.7 Å². The van der Waals surface area contributed by atoms with Gasteiger partial charge in [0.1, 0.15) is 17.4 Å². The molecule has 0 unspecified atom stereocenters. The molecule has 0 atom stereocenters. The lowest BCUT2D eigenvalue weighted by Gasteiger charge is -2.16. The van der Waals surface area contributed by atoms with E-state index in [1.165, 1.54) is 22.8 Å². The van der Waals surface area contributed by atoms with Crippen LogP contribution in [0.3, 0.4) is 0 Å². The van der Waals surface area contributed by atoms with E-state index in [4.69, 9.17) is 4.74 Å². The Morgan fingerprint density at radius 2 is 1.71 bits per heavy atom. The standard InChI is InChI=1S/C23H19FN4O3/c1-31-16-12-10-15(11-13-16)14-28-21(17-6-2-4-8-19(17)26-23(28)30)27-22(29)25-20-9-5-3-7-18(20)24/h2-13H,14H2,1H3,(H2,25,27,29). The molecule has 31 heavy (non-hydrogen) atoms. The average molecular weight is 418 g/mol. The number of aromatic nitrogens is 2. The number of carbonyl (C=O) groups is 1. The molecule has 0 radical (unpaired) electrons. The van der Waals surface area contributed by atoms with Crippen LogP contribution in [0.25, 0.3) is 10.9 Å². The third kappa shape index (κ3) is 4.37. The molecule has 156 valence electrons. The van der Waals surface area contributed by atoms with E-state index in [-0.39, 0.29) is 18.1 Å². The van der Waals surface area contributed by atoms with E-state index in [1.54, 1.807) is 49.6 Å². The van der Waals surface area contributed by atoms with Crippen molar-refractivity contribution in [1.29, 1.82) is 0 Å². The van der Waals surface area contributed by atoms with Gasteiger partial charge in [0.15, 0.2) is 0 Å². The number of urea groups is 1. The Labute approximate surface area is 177 Å². The number of nitrogens with zero attached hydrogens (tertiary/aromatic N) is 2. The van der Waals surface area contributed by atoms with Crippen LogP contribution in [0.1, 0.15) is 5.56 Å². The summed E-state index contributed by atoms with van der Waals surface area (Å²) in [4.78, 5) is 29.5. The van der Waals surface area contributed by atoms with Gasteiger partial charge in [-0.2, -0.15) is 4.98 Å². The second kappa shape index (κ2) is 8.66. The topological polar surface area (TPSA) is 85.2 Å². The van der Waals surface area contributed by atoms with Crippen molar-refractivity contribution in [2.75, 3.05) is 17.7 Å². The second-order valence-corrected chi connectivity index (χ2v) is 6.75. The highest BCUT2D eigenvalue weighted by atomic mass is 19.1. The Balaban J connectivity index is 1.72. The molecule has 3 aromatic carbocycles. The fourth-order valence-electron chi connectivity index (χ4n) is 3.19. The molecule has 2 amide bonds. The number of methoxy groups -OCH3 is 1. The van der Waals surface area contributed by atoms with E-state index in [0.29, 0.717) is 16.7 Å². The predicted octanol–water partition coefficient (Wildman–Crippen LogP) is 4.24. The summed E-state index contributed by atoms with van der Waals surface area (Å²) in [6, 6.07) is 19.4. The number of ether oxygens (including phenoxy) is 1. The third-order valence-electron chi connectivity index (χ3n) is 4.73. The summed E-state index contributed by atoms with van der Waals surface area (Å²) in [5.74, 6) is 0.392. The molecular formula is C23H19FN4O3. The van der Waals surface area contributed by atoms with E-state index in [2.05, 4.69) is 15.6 Å². The van der Waals surface area contributed by atoms with Crippen LogP contribution in [0, 0.1) is 5.82 Å². The molecule has 0 saturated carbocycles. The Kier molecular flexibility index (Phi) is 5.61. The normalized spacial score (nSPS) is 10.6. The van der Waals surface area contributed by atoms with Crippen molar-refractivity contribution >= 4 is 28.4 Å². The average Bonchev–Trinajstić information content (AvgIpc) is 2.78. The fourth-order valence-corrected chi connectivity index (χ4v) is 3.19. The zero-order chi connectivity index (χ0) is 21.8. The first-order valence-corrected chi connectivity index (χ1v) is 9.50. The highest BCUT2D eigenvalue weighted by Crippen LogP contribution is 2.22. The molecular weight excluding hydrogens is 399 g/mol. The van der Waals surface area contributed by atoms with Gasteiger partial charge in [-0.25, -0.2) is 14.0 Å². The van der Waals surface area contributed by atoms with Gasteiger partial charge < -0.3 is 10.1 Å². The molecule has 0 bridgehead atoms. The lowest BCUT2D eigenvalue weighted by molar-refractivity contribution is 0.262. The minimum absolute atomic E-state index is 0.0300. The summed E-state index contributed by atoms with van der Waals surface area (Å²) in [6.45, 7) is 0.177. The minimum Gasteiger partial charge on any atom is -0.497 e. The van der Waals surface area contributed by atoms with Crippen molar-refractivity contribution in [1.82, 2.24) is 9.55 Å². The highest BCUT2D eigenvalue weighted by molar-refractivity contribution is 6.04. The van der Waals surface area contributed by atoms with Crippen molar-refractivity contribution < 1.29 is 13.9 Å². The summed E-state index contributed by atoms with van der Waals surface area (Å²) in [5, 5.41) is 5.75. The lowest BCUT2D eigenvalue weighted by Crippen LogP contribution is -2.30. The summed E-state index contributed by atoms with van der Waals surface area (Å²) in [7, 11) is 1.57. The van der Waals surface area contributed by atoms with Gasteiger partial charge in [-0.05, 0) is 42.0 Å². The molecule has 4 rings (SSSR count). The van der Waals surface area contributed by atoms with E-state index < -0.39 is 17.5 Å². The minimum atomic E-state index is -0.677. The number of amides is 2. The fraction of sp³-hybridized carbons (Fsp3) is 0.0870. The lowest BCUT2D eigenvalue weighted by atomic mass is 10.2. The van der Waals surface area contributed by atoms with Crippen LogP contribution in [0.4, 0.5) is 20.7 Å². The van der Waals surface area contributed by atoms with Crippen LogP contribution in [-0.2, 0) is 6.54 Å². The van der Waals surface area contributed by atoms with E-state index in [1.807, 2.05) is 12.1 Å². The smallest absolute Gasteiger partial charge is 0.350 e. The van der Waals surface area contributed by atoms with Gasteiger partial charge in [-0.1, -0.05) is 36.4 Å². The van der Waals surface area contributed by atoms with Crippen molar-refractivity contribution in [2.45, 2.75) is 6.54 Å². The van der Waals surface area contributed by atoms with Gasteiger partial charge in [-0.3, -0.25) is 9.88 Å². The maximum Gasteiger partial charge on any atom is 0.350 e. The number of benzene rings is 3. The first-order chi connectivity index (χ1) is 15.0. The molecule has 7 nitrogen and oxygen atoms in total. The molecule has 0 spiro atoms. The quantitative estimate of drug-likeness (QED) is 0.508. The van der Waals surface area contributed by atoms with E-state index >= 15 is 0 Å². The van der Waals surface area contributed by atoms with Gasteiger partial charge in [0.05, 0.1) is 24.9 Å². The summed E-state index contributed by atoms with van der Waals surface area (Å²) >= 11 is 0. The maximum atomic E-state index is 13.9. The first-order valence-electron chi connectivity index (χ1n) is 9.50. The van der Waals surface area contributed by atoms with Crippen molar-refractivity contribution in [2.24, 2.45) is 0 Å². The molecule has 0 aliphatic heterocycles. The van der Waals surface area contributed by atoms with E-state index in [9.17, 15) is 14.0 Å². The number of halogens is 1. The maximum absolute atomic E-state index is 13.9. The van der Waals surface area contributed by atoms with Gasteiger partial charge >= 0.3 is 11.7 Å². The first kappa shape index (κ1) is 20.1. The SMILES string of the molecule is COc1ccc(Cn2c(NC(=O)Nc3ccccc3F)c3ccccc3nc2=O)cc1. The number of hydrogen-bond donors (Lipinski definition) is 2. The molecule has 1 aromatic heterocycles. The van der Waals surface area contributed by atoms with Gasteiger partial charge in [0.2, 0.25) is 0 Å². The Morgan fingerprint density at radius 1 is 1.00 bits per heavy atom. The van der Waals surface area contributed by atoms with Crippen LogP contribution in [-0.4, -0.2) is 22.7 Å². The van der Waals surface area contributed by atoms with Crippen molar-refractivity contribution in [3.8, 4) is 5.75 Å². The zero-order valence-electron chi connectivity index (χ0n) is 16.6. The summed E-state index contributed by atoms with van der Waals surface area (Å²) < 4.78 is 20.4. The molecule has 8 heteroatoms. The van der Waals surface area contributed by atoms with Crippen LogP contribution >= 0.6 is 0 Å². The second-order valence-electron chi connectivity index (χ2n) is 6.75. The largest absolute Gasteiger partial charge is 0.497 e. The highest BCUT2D eigenvalue weighted by Gasteiger charge is 2.15. The number of hydrogen-bond acceptors (Lipinski definition) is 4. The van der Waals surface area contributed by atoms with Crippen LogP contribution < -0.4 is 21.1 Å². The number of para-hydroxylation sites is 2. The van der Waals surface area contributed by atoms with Gasteiger partial charge in [-0.15, -0.1) is 0 Å². The number of anilines is 2. The molecule has 0 saturated heterocycles. The van der Waals surface area contributed by atoms with Crippen LogP contribution in [0.2, 0.25) is 0 Å². The Bertz CT molecular complexity index is 1300. The Hall–Kier alpha value is -4.20. The molecule has 0 aliphatic rings. The number of fused-ring (bicyclic) bond motifs is 1. The van der Waals surface area contributed by atoms with Crippen LogP contribution in [0.5, 0.6) is 5.75 Å². The molecule has 0 aliphatic carbocycles. The van der Waals surface area contributed by atoms with Crippen LogP contribution in [0.15, 0.2) is 77.6 Å². The summed E-state index contributed by atoms with van der Waals surface area (Å²) in [6.07, 6.45) is 0. The monoisotopic (exact) mass is 418 g/mol. The predicted molar refractivity (Wildman–Crippen MR) is 117 cm³/mol. The summed E-state index contributed by atoms with van der Waals surface area (Å²) in [5.41, 5.74) is 0.773. The van der Waals surface area contributed by atoms with Gasteiger partial charge in [0, 0.05) is 5.39 Å².